The Labute approximate surface area is 89.7 Å². The molecule has 1 saturated carbocycles. The van der Waals surface area contributed by atoms with Gasteiger partial charge in [-0.1, -0.05) is 40.0 Å². The summed E-state index contributed by atoms with van der Waals surface area (Å²) in [6, 6.07) is 0.837. The molecule has 84 valence electrons. The van der Waals surface area contributed by atoms with Gasteiger partial charge in [-0.2, -0.15) is 0 Å². The van der Waals surface area contributed by atoms with Gasteiger partial charge in [0.05, 0.1) is 0 Å². The normalized spacial score (nSPS) is 20.8. The molecule has 0 spiro atoms. The Balaban J connectivity index is 2.07. The minimum absolute atomic E-state index is 0.837. The quantitative estimate of drug-likeness (QED) is 0.627. The summed E-state index contributed by atoms with van der Waals surface area (Å²) < 4.78 is 0. The number of hydrogen-bond donors (Lipinski definition) is 1. The summed E-state index contributed by atoms with van der Waals surface area (Å²) in [5.41, 5.74) is 0. The van der Waals surface area contributed by atoms with Crippen molar-refractivity contribution in [2.45, 2.75) is 65.3 Å². The van der Waals surface area contributed by atoms with Gasteiger partial charge < -0.3 is 5.32 Å². The van der Waals surface area contributed by atoms with E-state index in [0.29, 0.717) is 0 Å². The standard InChI is InChI=1S/C13H27N/c1-4-11(3)7-6-8-13(14-5-2)12-9-10-12/h11-14H,4-10H2,1-3H3. The highest BCUT2D eigenvalue weighted by Gasteiger charge is 2.29. The summed E-state index contributed by atoms with van der Waals surface area (Å²) in [6.45, 7) is 8.04. The zero-order valence-corrected chi connectivity index (χ0v) is 10.2. The summed E-state index contributed by atoms with van der Waals surface area (Å²) in [5.74, 6) is 1.95. The second kappa shape index (κ2) is 6.44. The van der Waals surface area contributed by atoms with Crippen molar-refractivity contribution in [2.24, 2.45) is 11.8 Å². The molecule has 1 nitrogen and oxygen atoms in total. The van der Waals surface area contributed by atoms with E-state index in [1.54, 1.807) is 0 Å². The van der Waals surface area contributed by atoms with Crippen molar-refractivity contribution in [3.63, 3.8) is 0 Å². The van der Waals surface area contributed by atoms with Crippen LogP contribution in [-0.4, -0.2) is 12.6 Å². The third-order valence-corrected chi connectivity index (χ3v) is 3.57. The van der Waals surface area contributed by atoms with Crippen LogP contribution in [0.2, 0.25) is 0 Å². The van der Waals surface area contributed by atoms with Crippen molar-refractivity contribution in [1.82, 2.24) is 5.32 Å². The second-order valence-corrected chi connectivity index (χ2v) is 4.95. The van der Waals surface area contributed by atoms with Crippen molar-refractivity contribution in [3.8, 4) is 0 Å². The van der Waals surface area contributed by atoms with E-state index in [1.165, 1.54) is 38.5 Å². The third kappa shape index (κ3) is 4.45. The predicted octanol–water partition coefficient (Wildman–Crippen LogP) is 3.59. The molecule has 0 amide bonds. The van der Waals surface area contributed by atoms with E-state index in [9.17, 15) is 0 Å². The molecule has 14 heavy (non-hydrogen) atoms. The first-order valence-corrected chi connectivity index (χ1v) is 6.51. The third-order valence-electron chi connectivity index (χ3n) is 3.57. The summed E-state index contributed by atoms with van der Waals surface area (Å²) in [4.78, 5) is 0. The van der Waals surface area contributed by atoms with Gasteiger partial charge in [0.2, 0.25) is 0 Å². The Kier molecular flexibility index (Phi) is 5.54. The lowest BCUT2D eigenvalue weighted by Gasteiger charge is -2.18. The van der Waals surface area contributed by atoms with E-state index in [4.69, 9.17) is 0 Å². The molecule has 0 bridgehead atoms. The molecule has 1 heteroatoms. The lowest BCUT2D eigenvalue weighted by atomic mass is 9.98. The molecule has 0 aromatic carbocycles. The number of nitrogens with one attached hydrogen (secondary N) is 1. The molecule has 0 aromatic rings. The molecule has 0 radical (unpaired) electrons. The molecule has 1 aliphatic carbocycles. The Morgan fingerprint density at radius 3 is 2.43 bits per heavy atom. The fourth-order valence-electron chi connectivity index (χ4n) is 2.16. The average Bonchev–Trinajstić information content (AvgIpc) is 2.99. The minimum Gasteiger partial charge on any atom is -0.314 e. The lowest BCUT2D eigenvalue weighted by Crippen LogP contribution is -2.30. The maximum atomic E-state index is 3.64. The fraction of sp³-hybridized carbons (Fsp3) is 1.00. The summed E-state index contributed by atoms with van der Waals surface area (Å²) in [5, 5.41) is 3.64. The molecule has 1 fully saturated rings. The number of rotatable bonds is 8. The summed E-state index contributed by atoms with van der Waals surface area (Å²) >= 11 is 0. The molecular weight excluding hydrogens is 170 g/mol. The van der Waals surface area contributed by atoms with Gasteiger partial charge in [0.25, 0.3) is 0 Å². The average molecular weight is 197 g/mol. The highest BCUT2D eigenvalue weighted by atomic mass is 14.9. The fourth-order valence-corrected chi connectivity index (χ4v) is 2.16. The molecule has 1 aliphatic rings. The van der Waals surface area contributed by atoms with Crippen LogP contribution in [0, 0.1) is 11.8 Å². The van der Waals surface area contributed by atoms with Crippen LogP contribution in [-0.2, 0) is 0 Å². The lowest BCUT2D eigenvalue weighted by molar-refractivity contribution is 0.399. The van der Waals surface area contributed by atoms with E-state index in [1.807, 2.05) is 0 Å². The highest BCUT2D eigenvalue weighted by molar-refractivity contribution is 4.85. The predicted molar refractivity (Wildman–Crippen MR) is 63.5 cm³/mol. The zero-order valence-electron chi connectivity index (χ0n) is 10.2. The van der Waals surface area contributed by atoms with Crippen LogP contribution in [0.25, 0.3) is 0 Å². The van der Waals surface area contributed by atoms with Crippen LogP contribution < -0.4 is 5.32 Å². The highest BCUT2D eigenvalue weighted by Crippen LogP contribution is 2.34. The minimum atomic E-state index is 0.837. The van der Waals surface area contributed by atoms with E-state index < -0.39 is 0 Å². The molecule has 2 atom stereocenters. The van der Waals surface area contributed by atoms with Crippen molar-refractivity contribution in [3.05, 3.63) is 0 Å². The van der Waals surface area contributed by atoms with Crippen molar-refractivity contribution in [1.29, 1.82) is 0 Å². The number of hydrogen-bond acceptors (Lipinski definition) is 1. The van der Waals surface area contributed by atoms with Gasteiger partial charge in [-0.25, -0.2) is 0 Å². The van der Waals surface area contributed by atoms with Crippen molar-refractivity contribution >= 4 is 0 Å². The first kappa shape index (κ1) is 12.0. The van der Waals surface area contributed by atoms with Crippen molar-refractivity contribution < 1.29 is 0 Å². The maximum absolute atomic E-state index is 3.64. The first-order chi connectivity index (χ1) is 6.77. The van der Waals surface area contributed by atoms with Gasteiger partial charge in [0.1, 0.15) is 0 Å². The largest absolute Gasteiger partial charge is 0.314 e. The molecule has 0 aliphatic heterocycles. The summed E-state index contributed by atoms with van der Waals surface area (Å²) in [7, 11) is 0. The molecular formula is C13H27N. The SMILES string of the molecule is CCNC(CCCC(C)CC)C1CC1. The smallest absolute Gasteiger partial charge is 0.00952 e. The molecule has 0 aromatic heterocycles. The van der Waals surface area contributed by atoms with Gasteiger partial charge in [0, 0.05) is 6.04 Å². The van der Waals surface area contributed by atoms with Crippen LogP contribution in [0.3, 0.4) is 0 Å². The van der Waals surface area contributed by atoms with E-state index >= 15 is 0 Å². The Bertz CT molecular complexity index is 140. The van der Waals surface area contributed by atoms with Crippen LogP contribution in [0.1, 0.15) is 59.3 Å². The molecule has 1 rings (SSSR count). The topological polar surface area (TPSA) is 12.0 Å². The van der Waals surface area contributed by atoms with E-state index in [2.05, 4.69) is 26.1 Å². The first-order valence-electron chi connectivity index (χ1n) is 6.51. The molecule has 2 unspecified atom stereocenters. The zero-order chi connectivity index (χ0) is 10.4. The van der Waals surface area contributed by atoms with Crippen LogP contribution in [0.4, 0.5) is 0 Å². The van der Waals surface area contributed by atoms with Gasteiger partial charge in [-0.15, -0.1) is 0 Å². The van der Waals surface area contributed by atoms with Gasteiger partial charge in [-0.3, -0.25) is 0 Å². The van der Waals surface area contributed by atoms with Gasteiger partial charge in [-0.05, 0) is 37.6 Å². The van der Waals surface area contributed by atoms with Gasteiger partial charge in [0.15, 0.2) is 0 Å². The Morgan fingerprint density at radius 1 is 1.21 bits per heavy atom. The van der Waals surface area contributed by atoms with E-state index in [0.717, 1.165) is 24.4 Å². The maximum Gasteiger partial charge on any atom is 0.00952 e. The summed E-state index contributed by atoms with van der Waals surface area (Å²) in [6.07, 6.45) is 8.54. The molecule has 1 N–H and O–H groups in total. The second-order valence-electron chi connectivity index (χ2n) is 4.95. The molecule has 0 heterocycles. The van der Waals surface area contributed by atoms with Crippen molar-refractivity contribution in [2.75, 3.05) is 6.54 Å². The molecule has 0 saturated heterocycles. The monoisotopic (exact) mass is 197 g/mol. The van der Waals surface area contributed by atoms with Crippen LogP contribution in [0.15, 0.2) is 0 Å². The van der Waals surface area contributed by atoms with Gasteiger partial charge >= 0.3 is 0 Å². The van der Waals surface area contributed by atoms with E-state index in [-0.39, 0.29) is 0 Å². The Morgan fingerprint density at radius 2 is 1.93 bits per heavy atom. The van der Waals surface area contributed by atoms with Crippen LogP contribution >= 0.6 is 0 Å². The Hall–Kier alpha value is -0.0400. The van der Waals surface area contributed by atoms with Crippen LogP contribution in [0.5, 0.6) is 0 Å².